The summed E-state index contributed by atoms with van der Waals surface area (Å²) in [4.78, 5) is 21.1. The summed E-state index contributed by atoms with van der Waals surface area (Å²) < 4.78 is 4.21. The molecule has 0 bridgehead atoms. The molecule has 0 aliphatic rings. The van der Waals surface area contributed by atoms with Gasteiger partial charge in [0.05, 0.1) is 7.11 Å². The van der Waals surface area contributed by atoms with Crippen molar-refractivity contribution in [2.45, 2.75) is 6.04 Å². The van der Waals surface area contributed by atoms with Crippen molar-refractivity contribution in [3.63, 3.8) is 0 Å². The number of rotatable bonds is 2. The zero-order valence-corrected chi connectivity index (χ0v) is 5.88. The number of amides is 1. The van der Waals surface area contributed by atoms with Gasteiger partial charge in [0.15, 0.2) is 6.04 Å². The molecule has 0 aromatic carbocycles. The molecule has 0 aliphatic carbocycles. The summed E-state index contributed by atoms with van der Waals surface area (Å²) >= 11 is 0. The van der Waals surface area contributed by atoms with E-state index in [0.717, 1.165) is 0 Å². The Balaban J connectivity index is 3.94. The Morgan fingerprint density at radius 1 is 1.60 bits per heavy atom. The first-order chi connectivity index (χ1) is 4.63. The van der Waals surface area contributed by atoms with Gasteiger partial charge >= 0.3 is 5.97 Å². The maximum atomic E-state index is 10.6. The third-order valence-electron chi connectivity index (χ3n) is 0.984. The van der Waals surface area contributed by atoms with Crippen molar-refractivity contribution in [1.29, 1.82) is 0 Å². The number of hydrogen-bond acceptors (Lipinski definition) is 4. The van der Waals surface area contributed by atoms with Crippen LogP contribution < -0.4 is 11.1 Å². The standard InChI is InChI=1S/C5H10N2O3/c1-7-4(8)3(6)5(9)10-2/h3H,6H2,1-2H3,(H,7,8)/t3-/m0/s1. The summed E-state index contributed by atoms with van der Waals surface area (Å²) in [5.74, 6) is -1.29. The van der Waals surface area contributed by atoms with Crippen molar-refractivity contribution in [3.05, 3.63) is 0 Å². The molecule has 0 saturated heterocycles. The van der Waals surface area contributed by atoms with Crippen LogP contribution in [-0.2, 0) is 14.3 Å². The zero-order valence-electron chi connectivity index (χ0n) is 5.88. The molecule has 0 radical (unpaired) electrons. The molecular formula is C5H10N2O3. The smallest absolute Gasteiger partial charge is 0.332 e. The molecule has 0 unspecified atom stereocenters. The fourth-order valence-electron chi connectivity index (χ4n) is 0.390. The summed E-state index contributed by atoms with van der Waals surface area (Å²) in [5, 5.41) is 2.22. The van der Waals surface area contributed by atoms with E-state index < -0.39 is 17.9 Å². The van der Waals surface area contributed by atoms with E-state index in [1.54, 1.807) is 0 Å². The number of carbonyl (C=O) groups is 2. The highest BCUT2D eigenvalue weighted by molar-refractivity contribution is 6.01. The minimum atomic E-state index is -1.21. The normalized spacial score (nSPS) is 11.9. The summed E-state index contributed by atoms with van der Waals surface area (Å²) in [7, 11) is 2.57. The Morgan fingerprint density at radius 3 is 2.40 bits per heavy atom. The first-order valence-corrected chi connectivity index (χ1v) is 2.68. The Hall–Kier alpha value is -1.10. The van der Waals surface area contributed by atoms with E-state index >= 15 is 0 Å². The lowest BCUT2D eigenvalue weighted by Gasteiger charge is -2.05. The number of nitrogens with one attached hydrogen (secondary N) is 1. The average molecular weight is 146 g/mol. The molecule has 1 amide bonds. The van der Waals surface area contributed by atoms with Gasteiger partial charge in [-0.05, 0) is 0 Å². The second kappa shape index (κ2) is 3.84. The van der Waals surface area contributed by atoms with E-state index in [-0.39, 0.29) is 0 Å². The summed E-state index contributed by atoms with van der Waals surface area (Å²) in [5.41, 5.74) is 5.10. The van der Waals surface area contributed by atoms with Crippen molar-refractivity contribution in [1.82, 2.24) is 5.32 Å². The molecule has 1 atom stereocenters. The fraction of sp³-hybridized carbons (Fsp3) is 0.600. The first kappa shape index (κ1) is 8.90. The van der Waals surface area contributed by atoms with Crippen LogP contribution in [0.2, 0.25) is 0 Å². The van der Waals surface area contributed by atoms with Crippen LogP contribution in [0, 0.1) is 0 Å². The van der Waals surface area contributed by atoms with Crippen molar-refractivity contribution in [3.8, 4) is 0 Å². The number of likely N-dealkylation sites (N-methyl/N-ethyl adjacent to an activating group) is 1. The van der Waals surface area contributed by atoms with Crippen LogP contribution in [0.5, 0.6) is 0 Å². The van der Waals surface area contributed by atoms with E-state index in [1.807, 2.05) is 0 Å². The molecule has 0 aliphatic heterocycles. The summed E-state index contributed by atoms with van der Waals surface area (Å²) in [6.45, 7) is 0. The largest absolute Gasteiger partial charge is 0.467 e. The van der Waals surface area contributed by atoms with Gasteiger partial charge in [0.2, 0.25) is 5.91 Å². The Morgan fingerprint density at radius 2 is 2.10 bits per heavy atom. The molecule has 0 spiro atoms. The second-order valence-electron chi connectivity index (χ2n) is 1.62. The van der Waals surface area contributed by atoms with Gasteiger partial charge in [-0.15, -0.1) is 0 Å². The minimum Gasteiger partial charge on any atom is -0.467 e. The quantitative estimate of drug-likeness (QED) is 0.357. The topological polar surface area (TPSA) is 81.4 Å². The molecule has 5 nitrogen and oxygen atoms in total. The highest BCUT2D eigenvalue weighted by Crippen LogP contribution is 1.81. The third-order valence-corrected chi connectivity index (χ3v) is 0.984. The molecule has 10 heavy (non-hydrogen) atoms. The van der Waals surface area contributed by atoms with E-state index in [0.29, 0.717) is 0 Å². The number of nitrogens with two attached hydrogens (primary N) is 1. The number of esters is 1. The highest BCUT2D eigenvalue weighted by Gasteiger charge is 2.20. The summed E-state index contributed by atoms with van der Waals surface area (Å²) in [6, 6.07) is -1.21. The lowest BCUT2D eigenvalue weighted by molar-refractivity contribution is -0.145. The van der Waals surface area contributed by atoms with Gasteiger partial charge in [-0.1, -0.05) is 0 Å². The van der Waals surface area contributed by atoms with Crippen molar-refractivity contribution >= 4 is 11.9 Å². The van der Waals surface area contributed by atoms with Gasteiger partial charge < -0.3 is 15.8 Å². The van der Waals surface area contributed by atoms with Gasteiger partial charge in [-0.3, -0.25) is 4.79 Å². The van der Waals surface area contributed by atoms with Crippen LogP contribution in [0.4, 0.5) is 0 Å². The molecule has 0 fully saturated rings. The van der Waals surface area contributed by atoms with E-state index in [4.69, 9.17) is 5.73 Å². The van der Waals surface area contributed by atoms with Crippen molar-refractivity contribution in [2.75, 3.05) is 14.2 Å². The molecule has 58 valence electrons. The van der Waals surface area contributed by atoms with Crippen LogP contribution >= 0.6 is 0 Å². The van der Waals surface area contributed by atoms with Gasteiger partial charge in [-0.2, -0.15) is 0 Å². The monoisotopic (exact) mass is 146 g/mol. The number of methoxy groups -OCH3 is 1. The van der Waals surface area contributed by atoms with Crippen LogP contribution in [0.3, 0.4) is 0 Å². The molecule has 3 N–H and O–H groups in total. The maximum absolute atomic E-state index is 10.6. The molecule has 5 heteroatoms. The molecule has 0 aromatic rings. The number of carbonyl (C=O) groups excluding carboxylic acids is 2. The van der Waals surface area contributed by atoms with Gasteiger partial charge in [0.25, 0.3) is 0 Å². The highest BCUT2D eigenvalue weighted by atomic mass is 16.5. The maximum Gasteiger partial charge on any atom is 0.332 e. The predicted octanol–water partition coefficient (Wildman–Crippen LogP) is -1.77. The number of ether oxygens (including phenoxy) is 1. The van der Waals surface area contributed by atoms with Crippen LogP contribution in [-0.4, -0.2) is 32.1 Å². The lowest BCUT2D eigenvalue weighted by atomic mass is 10.3. The Kier molecular flexibility index (Phi) is 3.42. The van der Waals surface area contributed by atoms with Crippen LogP contribution in [0.15, 0.2) is 0 Å². The van der Waals surface area contributed by atoms with E-state index in [1.165, 1.54) is 14.2 Å². The van der Waals surface area contributed by atoms with Crippen molar-refractivity contribution < 1.29 is 14.3 Å². The molecule has 0 aromatic heterocycles. The average Bonchev–Trinajstić information content (AvgIpc) is 2.00. The summed E-state index contributed by atoms with van der Waals surface area (Å²) in [6.07, 6.45) is 0. The van der Waals surface area contributed by atoms with Crippen LogP contribution in [0.25, 0.3) is 0 Å². The third kappa shape index (κ3) is 2.02. The van der Waals surface area contributed by atoms with Gasteiger partial charge in [0.1, 0.15) is 0 Å². The fourth-order valence-corrected chi connectivity index (χ4v) is 0.390. The molecule has 0 saturated carbocycles. The molecule has 0 heterocycles. The Bertz CT molecular complexity index is 130. The van der Waals surface area contributed by atoms with Gasteiger partial charge in [0, 0.05) is 7.05 Å². The SMILES string of the molecule is CNC(=O)[C@H](N)C(=O)OC. The molecule has 0 rings (SSSR count). The predicted molar refractivity (Wildman–Crippen MR) is 34.1 cm³/mol. The Labute approximate surface area is 58.5 Å². The zero-order chi connectivity index (χ0) is 8.15. The van der Waals surface area contributed by atoms with E-state index in [9.17, 15) is 9.59 Å². The number of hydrogen-bond donors (Lipinski definition) is 2. The second-order valence-corrected chi connectivity index (χ2v) is 1.62. The van der Waals surface area contributed by atoms with E-state index in [2.05, 4.69) is 10.1 Å². The van der Waals surface area contributed by atoms with Gasteiger partial charge in [-0.25, -0.2) is 4.79 Å². The first-order valence-electron chi connectivity index (χ1n) is 2.68. The van der Waals surface area contributed by atoms with Crippen LogP contribution in [0.1, 0.15) is 0 Å². The van der Waals surface area contributed by atoms with Crippen molar-refractivity contribution in [2.24, 2.45) is 5.73 Å². The lowest BCUT2D eigenvalue weighted by Crippen LogP contribution is -2.45. The minimum absolute atomic E-state index is 0.549. The molecular weight excluding hydrogens is 136 g/mol.